The Morgan fingerprint density at radius 3 is 2.50 bits per heavy atom. The number of hydrogen-bond acceptors (Lipinski definition) is 2. The van der Waals surface area contributed by atoms with Crippen LogP contribution in [0.4, 0.5) is 0 Å². The van der Waals surface area contributed by atoms with Crippen molar-refractivity contribution < 1.29 is 9.59 Å². The Hall–Kier alpha value is -0.530. The van der Waals surface area contributed by atoms with E-state index in [2.05, 4.69) is 0 Å². The highest BCUT2D eigenvalue weighted by atomic mass is 16.2. The zero-order valence-electron chi connectivity index (χ0n) is 4.63. The number of rotatable bonds is 3. The van der Waals surface area contributed by atoms with Crippen molar-refractivity contribution in [2.45, 2.75) is 12.7 Å². The summed E-state index contributed by atoms with van der Waals surface area (Å²) < 4.78 is 0. The van der Waals surface area contributed by atoms with E-state index in [1.54, 1.807) is 6.92 Å². The molecule has 0 saturated heterocycles. The number of carbonyl (C=O) groups is 2. The van der Waals surface area contributed by atoms with Gasteiger partial charge in [-0.15, -0.1) is 0 Å². The van der Waals surface area contributed by atoms with Gasteiger partial charge in [-0.3, -0.25) is 9.59 Å². The second-order valence-electron chi connectivity index (χ2n) is 1.50. The molecule has 1 atom stereocenters. The van der Waals surface area contributed by atoms with Gasteiger partial charge in [0.2, 0.25) is 0 Å². The van der Waals surface area contributed by atoms with E-state index in [1.165, 1.54) is 7.17 Å². The smallest absolute Gasteiger partial charge is 0.189 e. The van der Waals surface area contributed by atoms with E-state index in [0.717, 1.165) is 0 Å². The molecule has 1 unspecified atom stereocenters. The fourth-order valence-electron chi connectivity index (χ4n) is 0.202. The van der Waals surface area contributed by atoms with Crippen molar-refractivity contribution in [1.82, 2.24) is 0 Å². The van der Waals surface area contributed by atoms with Crippen molar-refractivity contribution >= 4 is 27.0 Å². The Bertz CT molecular complexity index is 102. The molecule has 0 aromatic rings. The van der Waals surface area contributed by atoms with E-state index >= 15 is 0 Å². The molecule has 0 rings (SSSR count). The highest BCUT2D eigenvalue weighted by Crippen LogP contribution is 1.96. The van der Waals surface area contributed by atoms with Crippen molar-refractivity contribution in [2.24, 2.45) is 0 Å². The molecule has 39 valence electrons. The highest BCUT2D eigenvalue weighted by Gasteiger charge is 2.07. The molecule has 0 aliphatic heterocycles. The van der Waals surface area contributed by atoms with Crippen LogP contribution in [0.3, 0.4) is 0 Å². The Balaban J connectivity index is 3.62. The van der Waals surface area contributed by atoms with Gasteiger partial charge in [-0.05, 0) is 5.82 Å². The van der Waals surface area contributed by atoms with Crippen LogP contribution in [0.25, 0.3) is 0 Å². The molecule has 0 spiro atoms. The molecule has 0 heterocycles. The lowest BCUT2D eigenvalue weighted by Crippen LogP contribution is -2.12. The first-order valence-electron chi connectivity index (χ1n) is 2.26. The monoisotopic (exact) mass is 107 g/mol. The number of Topliss-reactive ketones (excluding diaryl/α,β-unsaturated/α-hetero) is 1. The molecule has 0 amide bonds. The maximum atomic E-state index is 10.3. The van der Waals surface area contributed by atoms with E-state index < -0.39 is 11.6 Å². The van der Waals surface area contributed by atoms with Crippen LogP contribution in [0.5, 0.6) is 0 Å². The first-order chi connectivity index (χ1) is 3.72. The van der Waals surface area contributed by atoms with E-state index in [4.69, 9.17) is 7.74 Å². The topological polar surface area (TPSA) is 34.1 Å². The number of aldehydes is 1. The molecule has 0 aliphatic carbocycles. The minimum atomic E-state index is -0.479. The number of ketones is 1. The van der Waals surface area contributed by atoms with Crippen molar-refractivity contribution in [1.29, 1.82) is 0 Å². The first-order valence-corrected chi connectivity index (χ1v) is 2.26. The maximum Gasteiger partial charge on any atom is 0.189 e. The lowest BCUT2D eigenvalue weighted by molar-refractivity contribution is -0.129. The van der Waals surface area contributed by atoms with Gasteiger partial charge in [-0.25, -0.2) is 0 Å². The zero-order chi connectivity index (χ0) is 6.57. The van der Waals surface area contributed by atoms with Crippen LogP contribution in [-0.4, -0.2) is 27.0 Å². The number of carbonyl (C=O) groups excluding carboxylic acids is 2. The lowest BCUT2D eigenvalue weighted by atomic mass is 9.47. The molecule has 3 radical (unpaired) electrons. The summed E-state index contributed by atoms with van der Waals surface area (Å²) in [6.07, 6.45) is 0.272. The quantitative estimate of drug-likeness (QED) is 0.272. The van der Waals surface area contributed by atoms with E-state index in [0.29, 0.717) is 0 Å². The fourth-order valence-corrected chi connectivity index (χ4v) is 0.202. The van der Waals surface area contributed by atoms with Crippen molar-refractivity contribution in [2.75, 3.05) is 0 Å². The van der Waals surface area contributed by atoms with Gasteiger partial charge in [-0.2, -0.15) is 0 Å². The predicted octanol–water partition coefficient (Wildman–Crippen LogP) is -0.650. The molecule has 0 bridgehead atoms. The minimum Gasteiger partial charge on any atom is -0.295 e. The van der Waals surface area contributed by atoms with Crippen molar-refractivity contribution in [3.8, 4) is 0 Å². The normalized spacial score (nSPS) is 12.1. The fraction of sp³-hybridized carbons (Fsp3) is 0.500. The summed E-state index contributed by atoms with van der Waals surface area (Å²) in [5, 5.41) is 0. The van der Waals surface area contributed by atoms with Crippen LogP contribution in [0.15, 0.2) is 0 Å². The molecule has 0 aromatic heterocycles. The first kappa shape index (κ1) is 7.47. The van der Waals surface area contributed by atoms with Crippen LogP contribution < -0.4 is 0 Å². The van der Waals surface area contributed by atoms with E-state index in [9.17, 15) is 9.59 Å². The van der Waals surface area contributed by atoms with Gasteiger partial charge in [0.1, 0.15) is 0 Å². The summed E-state index contributed by atoms with van der Waals surface area (Å²) in [6, 6.07) is 0. The molecule has 0 fully saturated rings. The van der Waals surface area contributed by atoms with Crippen molar-refractivity contribution in [3.05, 3.63) is 0 Å². The maximum absolute atomic E-state index is 10.3. The van der Waals surface area contributed by atoms with Gasteiger partial charge in [0, 0.05) is 7.74 Å². The Kier molecular flexibility index (Phi) is 3.24. The summed E-state index contributed by atoms with van der Waals surface area (Å²) in [7, 11) is 6.14. The molecule has 4 heteroatoms. The van der Waals surface area contributed by atoms with Gasteiger partial charge in [0.25, 0.3) is 0 Å². The molecule has 2 nitrogen and oxygen atoms in total. The van der Waals surface area contributed by atoms with Gasteiger partial charge < -0.3 is 0 Å². The second-order valence-corrected chi connectivity index (χ2v) is 1.50. The molecular weight excluding hydrogens is 102 g/mol. The summed E-state index contributed by atoms with van der Waals surface area (Å²) in [6.45, 7) is 1.57. The Morgan fingerprint density at radius 2 is 2.38 bits per heavy atom. The van der Waals surface area contributed by atoms with E-state index in [-0.39, 0.29) is 6.29 Å². The molecule has 0 aliphatic rings. The largest absolute Gasteiger partial charge is 0.295 e. The van der Waals surface area contributed by atoms with Crippen LogP contribution in [0.2, 0.25) is 5.82 Å². The van der Waals surface area contributed by atoms with Gasteiger partial charge >= 0.3 is 0 Å². The third-order valence-electron chi connectivity index (χ3n) is 0.854. The molecule has 0 saturated carbocycles. The van der Waals surface area contributed by atoms with Crippen LogP contribution in [0, 0.1) is 0 Å². The molecule has 0 N–H and O–H groups in total. The van der Waals surface area contributed by atoms with Gasteiger partial charge in [0.05, 0.1) is 7.17 Å². The van der Waals surface area contributed by atoms with Crippen molar-refractivity contribution in [3.63, 3.8) is 0 Å². The predicted molar refractivity (Wildman–Crippen MR) is 32.0 cm³/mol. The molecule has 0 aromatic carbocycles. The summed E-state index contributed by atoms with van der Waals surface area (Å²) in [5.41, 5.74) is 0. The molecule has 8 heavy (non-hydrogen) atoms. The molecular formula is C4H5B2O2. The minimum absolute atomic E-state index is 0.272. The average Bonchev–Trinajstić information content (AvgIpc) is 1.84. The van der Waals surface area contributed by atoms with Crippen LogP contribution in [-0.2, 0) is 9.59 Å². The number of hydrogen-bond donors (Lipinski definition) is 0. The highest BCUT2D eigenvalue weighted by molar-refractivity contribution is 6.92. The van der Waals surface area contributed by atoms with Gasteiger partial charge in [-0.1, -0.05) is 6.92 Å². The van der Waals surface area contributed by atoms with E-state index in [1.807, 2.05) is 0 Å². The Morgan fingerprint density at radius 1 is 1.88 bits per heavy atom. The second kappa shape index (κ2) is 3.47. The average molecular weight is 107 g/mol. The zero-order valence-corrected chi connectivity index (χ0v) is 4.63. The standard InChI is InChI=1S/C4H5B2O2/c1-3(6-5)4(8)2-7/h2-3H,1H3. The SMILES string of the molecule is [B][B]C(C)C(=O)C=O. The Labute approximate surface area is 50.3 Å². The lowest BCUT2D eigenvalue weighted by Gasteiger charge is -1.96. The van der Waals surface area contributed by atoms with Crippen LogP contribution in [0.1, 0.15) is 6.92 Å². The van der Waals surface area contributed by atoms with Gasteiger partial charge in [0.15, 0.2) is 12.1 Å². The summed E-state index contributed by atoms with van der Waals surface area (Å²) in [5.74, 6) is -0.917. The summed E-state index contributed by atoms with van der Waals surface area (Å²) >= 11 is 0. The third kappa shape index (κ3) is 1.96. The van der Waals surface area contributed by atoms with Crippen LogP contribution >= 0.6 is 0 Å². The third-order valence-corrected chi connectivity index (χ3v) is 0.854. The summed E-state index contributed by atoms with van der Waals surface area (Å²) in [4.78, 5) is 19.9.